The maximum absolute atomic E-state index is 12.1. The predicted molar refractivity (Wildman–Crippen MR) is 106 cm³/mol. The van der Waals surface area contributed by atoms with Gasteiger partial charge in [-0.2, -0.15) is 0 Å². The highest BCUT2D eigenvalue weighted by molar-refractivity contribution is 7.16. The molecule has 0 unspecified atom stereocenters. The lowest BCUT2D eigenvalue weighted by Gasteiger charge is -2.04. The third kappa shape index (κ3) is 3.05. The smallest absolute Gasteiger partial charge is 0.276 e. The van der Waals surface area contributed by atoms with Crippen LogP contribution >= 0.6 is 11.3 Å². The van der Waals surface area contributed by atoms with Crippen molar-refractivity contribution in [3.05, 3.63) is 58.7 Å². The number of nitrogens with one attached hydrogen (secondary N) is 3. The number of aromatic nitrogens is 1. The van der Waals surface area contributed by atoms with Gasteiger partial charge >= 0.3 is 0 Å². The lowest BCUT2D eigenvalue weighted by Crippen LogP contribution is -2.29. The number of nitrogens with two attached hydrogens (primary N) is 1. The molecule has 1 aliphatic heterocycles. The zero-order valence-corrected chi connectivity index (χ0v) is 14.3. The van der Waals surface area contributed by atoms with Gasteiger partial charge in [-0.15, -0.1) is 11.3 Å². The minimum Gasteiger partial charge on any atom is -0.398 e. The summed E-state index contributed by atoms with van der Waals surface area (Å²) in [4.78, 5) is 20.7. The molecule has 7 nitrogen and oxygen atoms in total. The number of carbonyl (C=O) groups is 1. The number of fused-ring (bicyclic) bond motifs is 1. The lowest BCUT2D eigenvalue weighted by molar-refractivity contribution is -0.115. The molecule has 0 bridgehead atoms. The standard InChI is InChI=1S/C18H14N6OS/c19-8-11-2-1-10(5-13(11)20)6-15-17(25)24-18(23-15)22-12-3-4-14-16(7-12)26-9-21-14/h1-9,19H,20H2,(H2,22,23,24,25)/b15-6-,19-8?. The van der Waals surface area contributed by atoms with Crippen molar-refractivity contribution in [1.82, 2.24) is 10.3 Å². The molecule has 0 atom stereocenters. The number of carbonyl (C=O) groups excluding carboxylic acids is 1. The molecular formula is C18H14N6OS. The first-order chi connectivity index (χ1) is 12.6. The average Bonchev–Trinajstić information content (AvgIpc) is 3.21. The first-order valence-electron chi connectivity index (χ1n) is 7.74. The second-order valence-electron chi connectivity index (χ2n) is 5.64. The Hall–Kier alpha value is -3.52. The van der Waals surface area contributed by atoms with Crippen LogP contribution in [-0.4, -0.2) is 23.1 Å². The van der Waals surface area contributed by atoms with Crippen LogP contribution in [0.2, 0.25) is 0 Å². The monoisotopic (exact) mass is 362 g/mol. The summed E-state index contributed by atoms with van der Waals surface area (Å²) < 4.78 is 1.05. The van der Waals surface area contributed by atoms with Crippen LogP contribution in [0.25, 0.3) is 16.3 Å². The highest BCUT2D eigenvalue weighted by atomic mass is 32.1. The Kier molecular flexibility index (Phi) is 3.94. The van der Waals surface area contributed by atoms with Crippen LogP contribution in [0, 0.1) is 5.41 Å². The fourth-order valence-electron chi connectivity index (χ4n) is 2.57. The topological polar surface area (TPSA) is 116 Å². The maximum atomic E-state index is 12.1. The summed E-state index contributed by atoms with van der Waals surface area (Å²) in [5.41, 5.74) is 11.6. The molecule has 8 heteroatoms. The number of amides is 1. The van der Waals surface area contributed by atoms with E-state index in [1.807, 2.05) is 18.2 Å². The zero-order chi connectivity index (χ0) is 18.1. The summed E-state index contributed by atoms with van der Waals surface area (Å²) in [6.45, 7) is 0. The van der Waals surface area contributed by atoms with E-state index in [0.29, 0.717) is 17.2 Å². The second kappa shape index (κ2) is 6.41. The van der Waals surface area contributed by atoms with Gasteiger partial charge in [0, 0.05) is 23.2 Å². The highest BCUT2D eigenvalue weighted by Crippen LogP contribution is 2.22. The van der Waals surface area contributed by atoms with Gasteiger partial charge in [0.1, 0.15) is 5.70 Å². The number of anilines is 2. The van der Waals surface area contributed by atoms with Crippen molar-refractivity contribution in [2.24, 2.45) is 4.99 Å². The van der Waals surface area contributed by atoms with Gasteiger partial charge in [0.05, 0.1) is 15.7 Å². The highest BCUT2D eigenvalue weighted by Gasteiger charge is 2.20. The van der Waals surface area contributed by atoms with Gasteiger partial charge < -0.3 is 16.5 Å². The average molecular weight is 362 g/mol. The van der Waals surface area contributed by atoms with Crippen molar-refractivity contribution in [3.8, 4) is 0 Å². The number of thiazole rings is 1. The van der Waals surface area contributed by atoms with E-state index in [-0.39, 0.29) is 11.6 Å². The van der Waals surface area contributed by atoms with Crippen LogP contribution in [0.3, 0.4) is 0 Å². The van der Waals surface area contributed by atoms with Crippen molar-refractivity contribution in [1.29, 1.82) is 5.41 Å². The number of rotatable bonds is 3. The molecule has 128 valence electrons. The molecule has 0 spiro atoms. The van der Waals surface area contributed by atoms with Gasteiger partial charge in [-0.3, -0.25) is 10.1 Å². The van der Waals surface area contributed by atoms with E-state index < -0.39 is 0 Å². The van der Waals surface area contributed by atoms with Crippen LogP contribution in [0.1, 0.15) is 11.1 Å². The second-order valence-corrected chi connectivity index (χ2v) is 6.52. The van der Waals surface area contributed by atoms with Gasteiger partial charge in [0.2, 0.25) is 5.96 Å². The molecule has 0 saturated carbocycles. The Labute approximate surface area is 152 Å². The van der Waals surface area contributed by atoms with Gasteiger partial charge in [-0.05, 0) is 35.9 Å². The van der Waals surface area contributed by atoms with Gasteiger partial charge in [0.15, 0.2) is 0 Å². The van der Waals surface area contributed by atoms with Crippen molar-refractivity contribution < 1.29 is 4.79 Å². The van der Waals surface area contributed by atoms with Crippen molar-refractivity contribution in [2.75, 3.05) is 11.1 Å². The van der Waals surface area contributed by atoms with Crippen LogP contribution in [-0.2, 0) is 4.79 Å². The maximum Gasteiger partial charge on any atom is 0.276 e. The molecule has 0 saturated heterocycles. The number of nitrogen functional groups attached to an aromatic ring is 1. The summed E-state index contributed by atoms with van der Waals surface area (Å²) in [5, 5.41) is 13.1. The number of hydrogen-bond acceptors (Lipinski definition) is 7. The number of aliphatic imine (C=N–C) groups is 1. The van der Waals surface area contributed by atoms with Crippen molar-refractivity contribution in [2.45, 2.75) is 0 Å². The summed E-state index contributed by atoms with van der Waals surface area (Å²) >= 11 is 1.55. The first-order valence-corrected chi connectivity index (χ1v) is 8.62. The van der Waals surface area contributed by atoms with E-state index in [2.05, 4.69) is 20.6 Å². The van der Waals surface area contributed by atoms with Crippen molar-refractivity contribution >= 4 is 57.1 Å². The van der Waals surface area contributed by atoms with Gasteiger partial charge in [-0.1, -0.05) is 12.1 Å². The molecule has 0 radical (unpaired) electrons. The third-order valence-corrected chi connectivity index (χ3v) is 4.65. The molecule has 1 aliphatic rings. The predicted octanol–water partition coefficient (Wildman–Crippen LogP) is 2.81. The Morgan fingerprint density at radius 3 is 2.92 bits per heavy atom. The van der Waals surface area contributed by atoms with Crippen LogP contribution in [0.5, 0.6) is 0 Å². The lowest BCUT2D eigenvalue weighted by atomic mass is 10.1. The molecular weight excluding hydrogens is 348 g/mol. The molecule has 0 fully saturated rings. The molecule has 0 aliphatic carbocycles. The van der Waals surface area contributed by atoms with Crippen LogP contribution < -0.4 is 16.4 Å². The third-order valence-electron chi connectivity index (χ3n) is 3.86. The molecule has 5 N–H and O–H groups in total. The van der Waals surface area contributed by atoms with E-state index >= 15 is 0 Å². The summed E-state index contributed by atoms with van der Waals surface area (Å²) in [5.74, 6) is 0.0790. The fourth-order valence-corrected chi connectivity index (χ4v) is 3.29. The number of benzene rings is 2. The summed E-state index contributed by atoms with van der Waals surface area (Å²) in [6.07, 6.45) is 2.84. The first kappa shape index (κ1) is 16.0. The van der Waals surface area contributed by atoms with E-state index in [0.717, 1.165) is 21.5 Å². The number of guanidine groups is 1. The fraction of sp³-hybridized carbons (Fsp3) is 0. The Balaban J connectivity index is 1.58. The molecule has 1 amide bonds. The van der Waals surface area contributed by atoms with Crippen molar-refractivity contribution in [3.63, 3.8) is 0 Å². The minimum atomic E-state index is -0.291. The van der Waals surface area contributed by atoms with Crippen LogP contribution in [0.4, 0.5) is 11.4 Å². The summed E-state index contributed by atoms with van der Waals surface area (Å²) in [7, 11) is 0. The van der Waals surface area contributed by atoms with Crippen LogP contribution in [0.15, 0.2) is 52.6 Å². The Morgan fingerprint density at radius 2 is 2.12 bits per heavy atom. The Morgan fingerprint density at radius 1 is 1.23 bits per heavy atom. The molecule has 26 heavy (non-hydrogen) atoms. The van der Waals surface area contributed by atoms with E-state index in [1.54, 1.807) is 41.1 Å². The normalized spacial score (nSPS) is 15.2. The molecule has 2 heterocycles. The van der Waals surface area contributed by atoms with Gasteiger partial charge in [0.25, 0.3) is 5.91 Å². The molecule has 3 aromatic rings. The molecule has 4 rings (SSSR count). The van der Waals surface area contributed by atoms with E-state index in [9.17, 15) is 4.79 Å². The largest absolute Gasteiger partial charge is 0.398 e. The minimum absolute atomic E-state index is 0.286. The Bertz CT molecular complexity index is 1100. The van der Waals surface area contributed by atoms with E-state index in [4.69, 9.17) is 11.1 Å². The zero-order valence-electron chi connectivity index (χ0n) is 13.5. The number of nitrogens with zero attached hydrogens (tertiary/aromatic N) is 2. The SMILES string of the molecule is N=Cc1ccc(/C=C2\N=C(Nc3ccc4ncsc4c3)NC2=O)cc1N. The summed E-state index contributed by atoms with van der Waals surface area (Å²) in [6, 6.07) is 11.0. The van der Waals surface area contributed by atoms with E-state index in [1.165, 1.54) is 6.21 Å². The molecule has 2 aromatic carbocycles. The quantitative estimate of drug-likeness (QED) is 0.326. The van der Waals surface area contributed by atoms with Gasteiger partial charge in [-0.25, -0.2) is 9.98 Å². The molecule has 1 aromatic heterocycles. The number of hydrogen-bond donors (Lipinski definition) is 4.